The smallest absolute Gasteiger partial charge is 0.200 e. The fourth-order valence-corrected chi connectivity index (χ4v) is 3.33. The number of benzene rings is 3. The minimum atomic E-state index is -0.443. The lowest BCUT2D eigenvalue weighted by atomic mass is 10.0. The highest BCUT2D eigenvalue weighted by Crippen LogP contribution is 2.21. The molecule has 0 atom stereocenters. The molecule has 1 heterocycles. The summed E-state index contributed by atoms with van der Waals surface area (Å²) in [6, 6.07) is 20.2. The van der Waals surface area contributed by atoms with Gasteiger partial charge in [0.05, 0.1) is 23.6 Å². The monoisotopic (exact) mass is 387 g/mol. The second-order valence-electron chi connectivity index (χ2n) is 6.70. The van der Waals surface area contributed by atoms with E-state index < -0.39 is 11.6 Å². The van der Waals surface area contributed by atoms with Gasteiger partial charge in [-0.2, -0.15) is 0 Å². The number of hydrogen-bond donors (Lipinski definition) is 0. The van der Waals surface area contributed by atoms with Crippen LogP contribution in [0, 0.1) is 5.82 Å². The van der Waals surface area contributed by atoms with Crippen LogP contribution in [0.2, 0.25) is 0 Å². The predicted molar refractivity (Wildman–Crippen MR) is 110 cm³/mol. The number of aromatic nitrogens is 1. The van der Waals surface area contributed by atoms with E-state index in [9.17, 15) is 14.0 Å². The summed E-state index contributed by atoms with van der Waals surface area (Å²) >= 11 is 0. The third kappa shape index (κ3) is 3.67. The van der Waals surface area contributed by atoms with Gasteiger partial charge in [0.1, 0.15) is 11.6 Å². The Morgan fingerprint density at radius 3 is 2.41 bits per heavy atom. The SMILES string of the molecule is COc1ccc2c(c1)c(=O)c(C(=O)c1ccc(F)cc1)cn2Cc1ccccc1. The summed E-state index contributed by atoms with van der Waals surface area (Å²) in [7, 11) is 1.52. The highest BCUT2D eigenvalue weighted by atomic mass is 19.1. The number of hydrogen-bond acceptors (Lipinski definition) is 3. The van der Waals surface area contributed by atoms with Gasteiger partial charge in [-0.3, -0.25) is 9.59 Å². The number of halogens is 1. The van der Waals surface area contributed by atoms with Crippen LogP contribution in [0.4, 0.5) is 4.39 Å². The number of pyridine rings is 1. The first-order valence-electron chi connectivity index (χ1n) is 9.12. The number of carbonyl (C=O) groups is 1. The molecule has 0 spiro atoms. The van der Waals surface area contributed by atoms with Gasteiger partial charge in [0.25, 0.3) is 0 Å². The molecule has 0 saturated heterocycles. The number of rotatable bonds is 5. The van der Waals surface area contributed by atoms with Gasteiger partial charge < -0.3 is 9.30 Å². The molecule has 0 fully saturated rings. The van der Waals surface area contributed by atoms with Crippen molar-refractivity contribution in [1.29, 1.82) is 0 Å². The molecular weight excluding hydrogens is 369 g/mol. The minimum Gasteiger partial charge on any atom is -0.497 e. The average molecular weight is 387 g/mol. The van der Waals surface area contributed by atoms with Crippen LogP contribution < -0.4 is 10.2 Å². The molecule has 0 aliphatic rings. The van der Waals surface area contributed by atoms with Crippen molar-refractivity contribution >= 4 is 16.7 Å². The van der Waals surface area contributed by atoms with Crippen molar-refractivity contribution in [3.8, 4) is 5.75 Å². The molecule has 0 N–H and O–H groups in total. The molecule has 0 aliphatic heterocycles. The van der Waals surface area contributed by atoms with Crippen LogP contribution in [0.3, 0.4) is 0 Å². The van der Waals surface area contributed by atoms with Gasteiger partial charge in [0.2, 0.25) is 5.43 Å². The maximum Gasteiger partial charge on any atom is 0.200 e. The number of ketones is 1. The fraction of sp³-hybridized carbons (Fsp3) is 0.0833. The number of nitrogens with zero attached hydrogens (tertiary/aromatic N) is 1. The summed E-state index contributed by atoms with van der Waals surface area (Å²) in [5.41, 5.74) is 1.66. The molecule has 3 aromatic carbocycles. The van der Waals surface area contributed by atoms with Crippen molar-refractivity contribution < 1.29 is 13.9 Å². The average Bonchev–Trinajstić information content (AvgIpc) is 2.76. The lowest BCUT2D eigenvalue weighted by Crippen LogP contribution is -2.20. The maximum absolute atomic E-state index is 13.2. The summed E-state index contributed by atoms with van der Waals surface area (Å²) in [5, 5.41) is 0.397. The Morgan fingerprint density at radius 2 is 1.72 bits per heavy atom. The van der Waals surface area contributed by atoms with E-state index in [1.807, 2.05) is 41.0 Å². The van der Waals surface area contributed by atoms with Crippen molar-refractivity contribution in [2.75, 3.05) is 7.11 Å². The summed E-state index contributed by atoms with van der Waals surface area (Å²) in [4.78, 5) is 26.1. The zero-order valence-corrected chi connectivity index (χ0v) is 15.8. The van der Waals surface area contributed by atoms with E-state index in [0.717, 1.165) is 5.56 Å². The third-order valence-corrected chi connectivity index (χ3v) is 4.83. The van der Waals surface area contributed by atoms with E-state index in [-0.39, 0.29) is 16.6 Å². The quantitative estimate of drug-likeness (QED) is 0.476. The molecule has 0 unspecified atom stereocenters. The molecule has 0 amide bonds. The molecule has 29 heavy (non-hydrogen) atoms. The van der Waals surface area contributed by atoms with Crippen LogP contribution in [-0.2, 0) is 6.54 Å². The van der Waals surface area contributed by atoms with Crippen LogP contribution >= 0.6 is 0 Å². The highest BCUT2D eigenvalue weighted by molar-refractivity contribution is 6.10. The van der Waals surface area contributed by atoms with Crippen LogP contribution in [0.25, 0.3) is 10.9 Å². The van der Waals surface area contributed by atoms with Crippen molar-refractivity contribution in [2.45, 2.75) is 6.54 Å². The van der Waals surface area contributed by atoms with Gasteiger partial charge >= 0.3 is 0 Å². The lowest BCUT2D eigenvalue weighted by molar-refractivity contribution is 0.103. The molecule has 4 nitrogen and oxygen atoms in total. The Bertz CT molecular complexity index is 1250. The minimum absolute atomic E-state index is 0.0355. The summed E-state index contributed by atoms with van der Waals surface area (Å²) in [5.74, 6) is -0.347. The Labute approximate surface area is 166 Å². The molecule has 0 saturated carbocycles. The molecule has 5 heteroatoms. The second-order valence-corrected chi connectivity index (χ2v) is 6.70. The van der Waals surface area contributed by atoms with E-state index in [0.29, 0.717) is 23.2 Å². The van der Waals surface area contributed by atoms with E-state index in [2.05, 4.69) is 0 Å². The Kier molecular flexibility index (Phi) is 4.96. The second kappa shape index (κ2) is 7.72. The Balaban J connectivity index is 1.91. The molecule has 144 valence electrons. The lowest BCUT2D eigenvalue weighted by Gasteiger charge is -2.14. The van der Waals surface area contributed by atoms with Gasteiger partial charge in [0.15, 0.2) is 5.78 Å². The maximum atomic E-state index is 13.2. The van der Waals surface area contributed by atoms with E-state index >= 15 is 0 Å². The Hall–Kier alpha value is -3.73. The number of methoxy groups -OCH3 is 1. The molecular formula is C24H18FNO3. The van der Waals surface area contributed by atoms with E-state index in [4.69, 9.17) is 4.74 Å². The zero-order valence-electron chi connectivity index (χ0n) is 15.8. The van der Waals surface area contributed by atoms with Crippen molar-refractivity contribution in [2.24, 2.45) is 0 Å². The molecule has 0 aliphatic carbocycles. The van der Waals surface area contributed by atoms with Gasteiger partial charge in [-0.25, -0.2) is 4.39 Å². The highest BCUT2D eigenvalue weighted by Gasteiger charge is 2.18. The zero-order chi connectivity index (χ0) is 20.4. The van der Waals surface area contributed by atoms with Gasteiger partial charge in [-0.1, -0.05) is 30.3 Å². The summed E-state index contributed by atoms with van der Waals surface area (Å²) in [6.07, 6.45) is 1.58. The van der Waals surface area contributed by atoms with Crippen molar-refractivity contribution in [3.05, 3.63) is 112 Å². The fourth-order valence-electron chi connectivity index (χ4n) is 3.33. The predicted octanol–water partition coefficient (Wildman–Crippen LogP) is 4.43. The summed E-state index contributed by atoms with van der Waals surface area (Å²) < 4.78 is 20.4. The van der Waals surface area contributed by atoms with Gasteiger partial charge in [0, 0.05) is 18.3 Å². The molecule has 1 aromatic heterocycles. The largest absolute Gasteiger partial charge is 0.497 e. The van der Waals surface area contributed by atoms with Crippen LogP contribution in [-0.4, -0.2) is 17.5 Å². The normalized spacial score (nSPS) is 10.8. The van der Waals surface area contributed by atoms with Gasteiger partial charge in [-0.05, 0) is 48.0 Å². The van der Waals surface area contributed by atoms with E-state index in [1.165, 1.54) is 31.4 Å². The number of carbonyl (C=O) groups excluding carboxylic acids is 1. The molecule has 0 radical (unpaired) electrons. The van der Waals surface area contributed by atoms with Crippen molar-refractivity contribution in [1.82, 2.24) is 4.57 Å². The van der Waals surface area contributed by atoms with Crippen LogP contribution in [0.15, 0.2) is 83.8 Å². The van der Waals surface area contributed by atoms with Crippen molar-refractivity contribution in [3.63, 3.8) is 0 Å². The van der Waals surface area contributed by atoms with E-state index in [1.54, 1.807) is 18.3 Å². The van der Waals surface area contributed by atoms with Gasteiger partial charge in [-0.15, -0.1) is 0 Å². The molecule has 4 aromatic rings. The Morgan fingerprint density at radius 1 is 1.00 bits per heavy atom. The number of fused-ring (bicyclic) bond motifs is 1. The third-order valence-electron chi connectivity index (χ3n) is 4.83. The first-order valence-corrected chi connectivity index (χ1v) is 9.12. The standard InChI is InChI=1S/C24H18FNO3/c1-29-19-11-12-22-20(13-19)24(28)21(23(27)17-7-9-18(25)10-8-17)15-26(22)14-16-5-3-2-4-6-16/h2-13,15H,14H2,1H3. The first-order chi connectivity index (χ1) is 14.1. The molecule has 0 bridgehead atoms. The van der Waals surface area contributed by atoms with Crippen LogP contribution in [0.5, 0.6) is 5.75 Å². The first kappa shape index (κ1) is 18.6. The molecule has 4 rings (SSSR count). The topological polar surface area (TPSA) is 48.3 Å². The summed E-state index contributed by atoms with van der Waals surface area (Å²) in [6.45, 7) is 0.494. The number of ether oxygens (including phenoxy) is 1. The van der Waals surface area contributed by atoms with Crippen LogP contribution in [0.1, 0.15) is 21.5 Å².